The van der Waals surface area contributed by atoms with Crippen molar-refractivity contribution in [2.24, 2.45) is 0 Å². The maximum atomic E-state index is 5.86. The van der Waals surface area contributed by atoms with Gasteiger partial charge in [-0.2, -0.15) is 0 Å². The van der Waals surface area contributed by atoms with Gasteiger partial charge in [-0.15, -0.1) is 5.10 Å². The third kappa shape index (κ3) is 3.51. The van der Waals surface area contributed by atoms with Crippen LogP contribution in [0.5, 0.6) is 0 Å². The fourth-order valence-corrected chi connectivity index (χ4v) is 1.97. The van der Waals surface area contributed by atoms with Crippen LogP contribution in [0.25, 0.3) is 0 Å². The van der Waals surface area contributed by atoms with Crippen LogP contribution in [-0.2, 0) is 16.8 Å². The van der Waals surface area contributed by atoms with Crippen LogP contribution in [0.2, 0.25) is 0 Å². The molecule has 1 aromatic heterocycles. The van der Waals surface area contributed by atoms with Crippen molar-refractivity contribution in [2.75, 3.05) is 0 Å². The van der Waals surface area contributed by atoms with E-state index < -0.39 is 3.79 Å². The first kappa shape index (κ1) is 14.1. The molecule has 1 rings (SSSR count). The molecule has 0 saturated carbocycles. The van der Waals surface area contributed by atoms with Gasteiger partial charge in [0, 0.05) is 6.54 Å². The molecule has 0 aliphatic rings. The molecule has 92 valence electrons. The van der Waals surface area contributed by atoms with Gasteiger partial charge in [0.15, 0.2) is 0 Å². The molecule has 0 amide bonds. The van der Waals surface area contributed by atoms with Crippen LogP contribution >= 0.6 is 34.8 Å². The zero-order chi connectivity index (χ0) is 12.2. The second-order valence-electron chi connectivity index (χ2n) is 3.71. The van der Waals surface area contributed by atoms with E-state index in [0.717, 1.165) is 37.9 Å². The number of halogens is 3. The van der Waals surface area contributed by atoms with E-state index in [9.17, 15) is 0 Å². The predicted molar refractivity (Wildman–Crippen MR) is 68.2 cm³/mol. The van der Waals surface area contributed by atoms with Crippen molar-refractivity contribution in [1.82, 2.24) is 15.0 Å². The van der Waals surface area contributed by atoms with Crippen molar-refractivity contribution >= 4 is 34.8 Å². The largest absolute Gasteiger partial charge is 0.249 e. The molecule has 1 heterocycles. The molecule has 1 aromatic rings. The molecular formula is C10H16Cl3N3. The lowest BCUT2D eigenvalue weighted by Crippen LogP contribution is -2.09. The van der Waals surface area contributed by atoms with E-state index in [-0.39, 0.29) is 0 Å². The van der Waals surface area contributed by atoms with Gasteiger partial charge in [-0.25, -0.2) is 4.68 Å². The molecule has 0 unspecified atom stereocenters. The number of rotatable bonds is 5. The highest BCUT2D eigenvalue weighted by atomic mass is 35.6. The second kappa shape index (κ2) is 6.08. The Balaban J connectivity index is 2.97. The summed E-state index contributed by atoms with van der Waals surface area (Å²) in [7, 11) is 0. The summed E-state index contributed by atoms with van der Waals surface area (Å²) in [6, 6.07) is 0. The second-order valence-corrected chi connectivity index (χ2v) is 5.99. The van der Waals surface area contributed by atoms with Gasteiger partial charge in [0.25, 0.3) is 0 Å². The van der Waals surface area contributed by atoms with Gasteiger partial charge < -0.3 is 0 Å². The van der Waals surface area contributed by atoms with Gasteiger partial charge >= 0.3 is 0 Å². The zero-order valence-corrected chi connectivity index (χ0v) is 11.8. The highest BCUT2D eigenvalue weighted by molar-refractivity contribution is 6.66. The summed E-state index contributed by atoms with van der Waals surface area (Å²) >= 11 is 17.6. The predicted octanol–water partition coefficient (Wildman–Crippen LogP) is 3.86. The SMILES string of the molecule is CCCCn1nnc(C(Cl)(Cl)Cl)c1CCC. The van der Waals surface area contributed by atoms with Gasteiger partial charge in [-0.1, -0.05) is 66.7 Å². The molecule has 0 radical (unpaired) electrons. The smallest absolute Gasteiger partial charge is 0.236 e. The first-order valence-electron chi connectivity index (χ1n) is 5.50. The van der Waals surface area contributed by atoms with Crippen molar-refractivity contribution in [3.63, 3.8) is 0 Å². The normalized spacial score (nSPS) is 12.1. The molecule has 16 heavy (non-hydrogen) atoms. The van der Waals surface area contributed by atoms with E-state index in [2.05, 4.69) is 24.2 Å². The van der Waals surface area contributed by atoms with Crippen LogP contribution in [0.1, 0.15) is 44.5 Å². The highest BCUT2D eigenvalue weighted by Gasteiger charge is 2.31. The van der Waals surface area contributed by atoms with Crippen molar-refractivity contribution < 1.29 is 0 Å². The van der Waals surface area contributed by atoms with E-state index in [0.29, 0.717) is 5.69 Å². The van der Waals surface area contributed by atoms with Crippen LogP contribution in [0, 0.1) is 0 Å². The molecule has 0 N–H and O–H groups in total. The van der Waals surface area contributed by atoms with Gasteiger partial charge in [0.1, 0.15) is 5.69 Å². The minimum Gasteiger partial charge on any atom is -0.249 e. The average Bonchev–Trinajstić information content (AvgIpc) is 2.58. The van der Waals surface area contributed by atoms with E-state index in [1.165, 1.54) is 0 Å². The van der Waals surface area contributed by atoms with Crippen LogP contribution < -0.4 is 0 Å². The molecule has 0 bridgehead atoms. The van der Waals surface area contributed by atoms with E-state index in [1.807, 2.05) is 4.68 Å². The molecular weight excluding hydrogens is 268 g/mol. The Labute approximate surface area is 111 Å². The molecule has 0 aliphatic heterocycles. The maximum Gasteiger partial charge on any atom is 0.236 e. The summed E-state index contributed by atoms with van der Waals surface area (Å²) in [6.07, 6.45) is 3.97. The first-order chi connectivity index (χ1) is 7.50. The van der Waals surface area contributed by atoms with E-state index >= 15 is 0 Å². The minimum atomic E-state index is -1.48. The minimum absolute atomic E-state index is 0.468. The molecule has 3 nitrogen and oxygen atoms in total. The number of hydrogen-bond acceptors (Lipinski definition) is 2. The number of alkyl halides is 3. The lowest BCUT2D eigenvalue weighted by atomic mass is 10.2. The van der Waals surface area contributed by atoms with E-state index in [4.69, 9.17) is 34.8 Å². The molecule has 0 aromatic carbocycles. The molecule has 6 heteroatoms. The fourth-order valence-electron chi connectivity index (χ4n) is 1.52. The van der Waals surface area contributed by atoms with Gasteiger partial charge in [0.05, 0.1) is 5.69 Å². The fraction of sp³-hybridized carbons (Fsp3) is 0.800. The lowest BCUT2D eigenvalue weighted by molar-refractivity contribution is 0.530. The van der Waals surface area contributed by atoms with Crippen LogP contribution in [0.4, 0.5) is 0 Å². The Morgan fingerprint density at radius 1 is 1.19 bits per heavy atom. The molecule has 0 atom stereocenters. The Kier molecular flexibility index (Phi) is 5.35. The van der Waals surface area contributed by atoms with Crippen LogP contribution in [0.15, 0.2) is 0 Å². The average molecular weight is 285 g/mol. The standard InChI is InChI=1S/C10H16Cl3N3/c1-3-5-7-16-8(6-4-2)9(14-15-16)10(11,12)13/h3-7H2,1-2H3. The van der Waals surface area contributed by atoms with Gasteiger partial charge in [-0.3, -0.25) is 0 Å². The Hall–Kier alpha value is 0.01000. The van der Waals surface area contributed by atoms with Gasteiger partial charge in [-0.05, 0) is 12.8 Å². The Bertz CT molecular complexity index is 331. The third-order valence-corrected chi connectivity index (χ3v) is 2.85. The van der Waals surface area contributed by atoms with Gasteiger partial charge in [0.2, 0.25) is 3.79 Å². The summed E-state index contributed by atoms with van der Waals surface area (Å²) in [5, 5.41) is 8.03. The maximum absolute atomic E-state index is 5.86. The van der Waals surface area contributed by atoms with Crippen molar-refractivity contribution in [3.8, 4) is 0 Å². The summed E-state index contributed by atoms with van der Waals surface area (Å²) < 4.78 is 0.374. The van der Waals surface area contributed by atoms with Crippen LogP contribution in [0.3, 0.4) is 0 Å². The summed E-state index contributed by atoms with van der Waals surface area (Å²) in [4.78, 5) is 0. The van der Waals surface area contributed by atoms with Crippen molar-refractivity contribution in [2.45, 2.75) is 49.9 Å². The van der Waals surface area contributed by atoms with Crippen molar-refractivity contribution in [3.05, 3.63) is 11.4 Å². The third-order valence-electron chi connectivity index (χ3n) is 2.32. The monoisotopic (exact) mass is 283 g/mol. The lowest BCUT2D eigenvalue weighted by Gasteiger charge is -2.11. The molecule has 0 saturated heterocycles. The molecule has 0 spiro atoms. The molecule has 0 fully saturated rings. The molecule has 0 aliphatic carbocycles. The summed E-state index contributed by atoms with van der Waals surface area (Å²) in [5.41, 5.74) is 1.41. The number of hydrogen-bond donors (Lipinski definition) is 0. The van der Waals surface area contributed by atoms with Crippen LogP contribution in [-0.4, -0.2) is 15.0 Å². The van der Waals surface area contributed by atoms with E-state index in [1.54, 1.807) is 0 Å². The number of aryl methyl sites for hydroxylation is 1. The highest BCUT2D eigenvalue weighted by Crippen LogP contribution is 2.38. The Morgan fingerprint density at radius 3 is 2.38 bits per heavy atom. The number of aromatic nitrogens is 3. The van der Waals surface area contributed by atoms with Crippen molar-refractivity contribution in [1.29, 1.82) is 0 Å². The zero-order valence-electron chi connectivity index (χ0n) is 9.51. The first-order valence-corrected chi connectivity index (χ1v) is 6.63. The topological polar surface area (TPSA) is 30.7 Å². The Morgan fingerprint density at radius 2 is 1.88 bits per heavy atom. The number of nitrogens with zero attached hydrogens (tertiary/aromatic N) is 3. The quantitative estimate of drug-likeness (QED) is 0.769. The summed E-state index contributed by atoms with van der Waals surface area (Å²) in [6.45, 7) is 5.05. The number of unbranched alkanes of at least 4 members (excludes halogenated alkanes) is 1. The summed E-state index contributed by atoms with van der Waals surface area (Å²) in [5.74, 6) is 0.